The number of hydrogen-bond donors (Lipinski definition) is 1. The average molecular weight is 306 g/mol. The molecule has 3 aromatic rings. The number of nitrogens with zero attached hydrogens (tertiary/aromatic N) is 3. The fourth-order valence-electron chi connectivity index (χ4n) is 3.35. The first kappa shape index (κ1) is 14.3. The number of para-hydroxylation sites is 1. The summed E-state index contributed by atoms with van der Waals surface area (Å²) in [5.41, 5.74) is 3.45. The number of nitrogens with one attached hydrogen (secondary N) is 1. The van der Waals surface area contributed by atoms with E-state index in [0.717, 1.165) is 37.7 Å². The van der Waals surface area contributed by atoms with Crippen LogP contribution in [0.2, 0.25) is 0 Å². The molecule has 0 amide bonds. The molecule has 0 spiro atoms. The summed E-state index contributed by atoms with van der Waals surface area (Å²) >= 11 is 0. The van der Waals surface area contributed by atoms with Crippen LogP contribution < -0.4 is 10.2 Å². The van der Waals surface area contributed by atoms with E-state index in [9.17, 15) is 0 Å². The van der Waals surface area contributed by atoms with Gasteiger partial charge in [0.2, 0.25) is 0 Å². The third-order valence-corrected chi connectivity index (χ3v) is 4.61. The van der Waals surface area contributed by atoms with Crippen molar-refractivity contribution in [1.82, 2.24) is 14.9 Å². The zero-order valence-corrected chi connectivity index (χ0v) is 13.5. The van der Waals surface area contributed by atoms with Crippen molar-refractivity contribution in [3.63, 3.8) is 0 Å². The lowest BCUT2D eigenvalue weighted by atomic mass is 10.2. The van der Waals surface area contributed by atoms with E-state index < -0.39 is 0 Å². The van der Waals surface area contributed by atoms with Gasteiger partial charge in [-0.1, -0.05) is 24.3 Å². The molecule has 0 atom stereocenters. The summed E-state index contributed by atoms with van der Waals surface area (Å²) in [5.74, 6) is 1.08. The van der Waals surface area contributed by atoms with Gasteiger partial charge in [0, 0.05) is 37.6 Å². The van der Waals surface area contributed by atoms with Gasteiger partial charge in [-0.15, -0.1) is 0 Å². The molecular formula is C19H22N4. The lowest BCUT2D eigenvalue weighted by molar-refractivity contribution is 0.724. The van der Waals surface area contributed by atoms with E-state index in [1.165, 1.54) is 23.0 Å². The maximum atomic E-state index is 4.94. The number of aryl methyl sites for hydroxylation is 1. The Morgan fingerprint density at radius 1 is 1.00 bits per heavy atom. The van der Waals surface area contributed by atoms with Gasteiger partial charge in [-0.2, -0.15) is 0 Å². The quantitative estimate of drug-likeness (QED) is 0.790. The van der Waals surface area contributed by atoms with Crippen LogP contribution in [0.5, 0.6) is 0 Å². The fourth-order valence-corrected chi connectivity index (χ4v) is 3.35. The second-order valence-electron chi connectivity index (χ2n) is 6.12. The van der Waals surface area contributed by atoms with Crippen LogP contribution in [-0.2, 0) is 7.05 Å². The molecule has 0 radical (unpaired) electrons. The van der Waals surface area contributed by atoms with Gasteiger partial charge in [-0.3, -0.25) is 0 Å². The first-order valence-electron chi connectivity index (χ1n) is 8.30. The van der Waals surface area contributed by atoms with E-state index >= 15 is 0 Å². The monoisotopic (exact) mass is 306 g/mol. The van der Waals surface area contributed by atoms with Crippen LogP contribution >= 0.6 is 0 Å². The molecule has 1 saturated heterocycles. The Morgan fingerprint density at radius 3 is 2.83 bits per heavy atom. The minimum atomic E-state index is 1.02. The van der Waals surface area contributed by atoms with E-state index in [0.29, 0.717) is 0 Å². The summed E-state index contributed by atoms with van der Waals surface area (Å²) in [6.45, 7) is 4.21. The maximum absolute atomic E-state index is 4.94. The molecule has 118 valence electrons. The smallest absolute Gasteiger partial charge is 0.129 e. The Morgan fingerprint density at radius 2 is 1.91 bits per heavy atom. The second-order valence-corrected chi connectivity index (χ2v) is 6.12. The Kier molecular flexibility index (Phi) is 3.75. The Labute approximate surface area is 136 Å². The number of benzene rings is 1. The van der Waals surface area contributed by atoms with Gasteiger partial charge < -0.3 is 14.8 Å². The van der Waals surface area contributed by atoms with Gasteiger partial charge in [-0.25, -0.2) is 4.98 Å². The molecule has 3 heterocycles. The largest absolute Gasteiger partial charge is 0.355 e. The predicted molar refractivity (Wildman–Crippen MR) is 95.8 cm³/mol. The lowest BCUT2D eigenvalue weighted by Crippen LogP contribution is -2.28. The molecule has 0 aliphatic carbocycles. The highest BCUT2D eigenvalue weighted by Gasteiger charge is 2.13. The van der Waals surface area contributed by atoms with Crippen molar-refractivity contribution in [2.75, 3.05) is 31.1 Å². The fraction of sp³-hybridized carbons (Fsp3) is 0.316. The predicted octanol–water partition coefficient (Wildman–Crippen LogP) is 3.04. The van der Waals surface area contributed by atoms with E-state index in [1.54, 1.807) is 0 Å². The molecule has 4 rings (SSSR count). The number of rotatable bonds is 2. The zero-order chi connectivity index (χ0) is 15.6. The van der Waals surface area contributed by atoms with Crippen LogP contribution in [0.4, 0.5) is 5.82 Å². The number of aromatic nitrogens is 2. The minimum absolute atomic E-state index is 1.02. The van der Waals surface area contributed by atoms with Gasteiger partial charge >= 0.3 is 0 Å². The number of fused-ring (bicyclic) bond motifs is 1. The molecule has 1 aliphatic rings. The molecule has 0 unspecified atom stereocenters. The Hall–Kier alpha value is -2.33. The van der Waals surface area contributed by atoms with Crippen LogP contribution in [-0.4, -0.2) is 35.7 Å². The van der Waals surface area contributed by atoms with Crippen molar-refractivity contribution >= 4 is 16.7 Å². The summed E-state index contributed by atoms with van der Waals surface area (Å²) < 4.78 is 2.23. The molecule has 23 heavy (non-hydrogen) atoms. The van der Waals surface area contributed by atoms with Crippen molar-refractivity contribution in [3.8, 4) is 11.4 Å². The van der Waals surface area contributed by atoms with Crippen molar-refractivity contribution in [2.24, 2.45) is 7.05 Å². The highest BCUT2D eigenvalue weighted by atomic mass is 15.2. The summed E-state index contributed by atoms with van der Waals surface area (Å²) in [6, 6.07) is 17.1. The molecule has 1 aliphatic heterocycles. The molecule has 0 bridgehead atoms. The van der Waals surface area contributed by atoms with Crippen LogP contribution in [0.25, 0.3) is 22.3 Å². The van der Waals surface area contributed by atoms with Crippen LogP contribution in [0, 0.1) is 0 Å². The van der Waals surface area contributed by atoms with Gasteiger partial charge in [0.25, 0.3) is 0 Å². The third-order valence-electron chi connectivity index (χ3n) is 4.61. The van der Waals surface area contributed by atoms with E-state index in [1.807, 2.05) is 0 Å². The second kappa shape index (κ2) is 6.05. The highest BCUT2D eigenvalue weighted by molar-refractivity contribution is 5.86. The number of anilines is 1. The Balaban J connectivity index is 1.73. The van der Waals surface area contributed by atoms with E-state index in [-0.39, 0.29) is 0 Å². The van der Waals surface area contributed by atoms with Crippen molar-refractivity contribution < 1.29 is 0 Å². The molecule has 4 heteroatoms. The highest BCUT2D eigenvalue weighted by Crippen LogP contribution is 2.27. The average Bonchev–Trinajstić information content (AvgIpc) is 2.78. The van der Waals surface area contributed by atoms with E-state index in [2.05, 4.69) is 70.4 Å². The van der Waals surface area contributed by atoms with E-state index in [4.69, 9.17) is 4.98 Å². The standard InChI is InChI=1S/C19H22N4/c1-22-17-8-3-2-6-15(17)14-18(22)16-7-4-9-19(21-16)23-12-5-10-20-11-13-23/h2-4,6-9,14,20H,5,10-13H2,1H3. The SMILES string of the molecule is Cn1c(-c2cccc(N3CCCNCC3)n2)cc2ccccc21. The molecular weight excluding hydrogens is 284 g/mol. The lowest BCUT2D eigenvalue weighted by Gasteiger charge is -2.21. The summed E-state index contributed by atoms with van der Waals surface area (Å²) in [6.07, 6.45) is 1.17. The summed E-state index contributed by atoms with van der Waals surface area (Å²) in [4.78, 5) is 7.32. The minimum Gasteiger partial charge on any atom is -0.355 e. The van der Waals surface area contributed by atoms with Gasteiger partial charge in [-0.05, 0) is 37.2 Å². The van der Waals surface area contributed by atoms with Gasteiger partial charge in [0.05, 0.1) is 11.4 Å². The van der Waals surface area contributed by atoms with Crippen molar-refractivity contribution in [3.05, 3.63) is 48.5 Å². The normalized spacial score (nSPS) is 15.8. The topological polar surface area (TPSA) is 33.1 Å². The maximum Gasteiger partial charge on any atom is 0.129 e. The van der Waals surface area contributed by atoms with Gasteiger partial charge in [0.15, 0.2) is 0 Å². The van der Waals surface area contributed by atoms with Crippen molar-refractivity contribution in [1.29, 1.82) is 0 Å². The third kappa shape index (κ3) is 2.70. The van der Waals surface area contributed by atoms with Crippen LogP contribution in [0.3, 0.4) is 0 Å². The number of pyridine rings is 1. The molecule has 1 N–H and O–H groups in total. The van der Waals surface area contributed by atoms with Gasteiger partial charge in [0.1, 0.15) is 5.82 Å². The molecule has 1 fully saturated rings. The number of hydrogen-bond acceptors (Lipinski definition) is 3. The van der Waals surface area contributed by atoms with Crippen LogP contribution in [0.1, 0.15) is 6.42 Å². The van der Waals surface area contributed by atoms with Crippen molar-refractivity contribution in [2.45, 2.75) is 6.42 Å². The first-order chi connectivity index (χ1) is 11.3. The summed E-state index contributed by atoms with van der Waals surface area (Å²) in [7, 11) is 2.11. The molecule has 4 nitrogen and oxygen atoms in total. The van der Waals surface area contributed by atoms with Crippen LogP contribution in [0.15, 0.2) is 48.5 Å². The molecule has 2 aromatic heterocycles. The summed E-state index contributed by atoms with van der Waals surface area (Å²) in [5, 5.41) is 4.71. The first-order valence-corrected chi connectivity index (χ1v) is 8.30. The molecule has 1 aromatic carbocycles. The zero-order valence-electron chi connectivity index (χ0n) is 13.5. The molecule has 0 saturated carbocycles. The Bertz CT molecular complexity index is 813.